The van der Waals surface area contributed by atoms with Gasteiger partial charge in [0.1, 0.15) is 67.6 Å². The Labute approximate surface area is 723 Å². The van der Waals surface area contributed by atoms with E-state index in [-0.39, 0.29) is 73.0 Å². The molecule has 15 rings (SSSR count). The summed E-state index contributed by atoms with van der Waals surface area (Å²) in [6.45, 7) is 5.39. The summed E-state index contributed by atoms with van der Waals surface area (Å²) < 4.78 is 140. The van der Waals surface area contributed by atoms with Crippen molar-refractivity contribution in [2.45, 2.75) is 183 Å². The summed E-state index contributed by atoms with van der Waals surface area (Å²) in [6, 6.07) is 85.9. The molecule has 5 fully saturated rings. The van der Waals surface area contributed by atoms with E-state index in [2.05, 4.69) is 0 Å². The van der Waals surface area contributed by atoms with Gasteiger partial charge in [-0.2, -0.15) is 0 Å². The van der Waals surface area contributed by atoms with Crippen molar-refractivity contribution in [3.8, 4) is 0 Å². The van der Waals surface area contributed by atoms with Crippen molar-refractivity contribution >= 4 is 35.8 Å². The molecule has 5 saturated heterocycles. The number of carbonyl (C=O) groups excluding carboxylic acids is 6. The second kappa shape index (κ2) is 42.9. The van der Waals surface area contributed by atoms with Crippen LogP contribution in [0.25, 0.3) is 0 Å². The average Bonchev–Trinajstić information content (AvgIpc) is 1.73. The first-order valence-electron chi connectivity index (χ1n) is 41.7. The van der Waals surface area contributed by atoms with Crippen molar-refractivity contribution in [2.24, 2.45) is 0 Å². The van der Waals surface area contributed by atoms with E-state index in [0.29, 0.717) is 5.56 Å². The van der Waals surface area contributed by atoms with Crippen molar-refractivity contribution in [1.29, 1.82) is 0 Å². The van der Waals surface area contributed by atoms with Crippen molar-refractivity contribution in [2.75, 3.05) is 26.4 Å². The van der Waals surface area contributed by atoms with Crippen LogP contribution in [0.4, 0.5) is 0 Å². The SMILES string of the molecule is CCO[C@@H]1O[C@H](COC(=O)c2ccccc2)[C@@H](OC(=O)c2ccccc2)[C@H](O[C@@H]2O[C@H](COCc3ccccc3)[C@@H](O[C@@H]3O[C@H](COCc4ccccc4)[C@@H]4OC(C)(C)O[C@@H]4[C@H]3OCc3ccccc3)[C@H](O[C@@H]3O[C@@H](C)[C@@H](OC(=O)c4ccccc4)[C@@H](OC(=O)c4ccccc4)[C@@H]3OC(=O)c3ccccc3)[C@H]2OCc2ccccc2)[C@H]1OC(=O)c1ccccc1. The van der Waals surface area contributed by atoms with Gasteiger partial charge in [0.25, 0.3) is 0 Å². The lowest BCUT2D eigenvalue weighted by Crippen LogP contribution is -2.69. The van der Waals surface area contributed by atoms with E-state index in [1.165, 1.54) is 48.5 Å². The highest BCUT2D eigenvalue weighted by atomic mass is 16.8. The number of ether oxygens (including phenoxy) is 20. The maximum Gasteiger partial charge on any atom is 0.338 e. The van der Waals surface area contributed by atoms with Gasteiger partial charge < -0.3 is 94.7 Å². The molecular formula is C99H98O26. The Hall–Kier alpha value is -11.5. The minimum Gasteiger partial charge on any atom is -0.459 e. The second-order valence-corrected chi connectivity index (χ2v) is 30.8. The Balaban J connectivity index is 0.931. The smallest absolute Gasteiger partial charge is 0.338 e. The summed E-state index contributed by atoms with van der Waals surface area (Å²) in [5.74, 6) is -6.61. The van der Waals surface area contributed by atoms with Crippen LogP contribution in [0.3, 0.4) is 0 Å². The Morgan fingerprint density at radius 1 is 0.280 bits per heavy atom. The van der Waals surface area contributed by atoms with Crippen LogP contribution in [0, 0.1) is 0 Å². The zero-order valence-corrected chi connectivity index (χ0v) is 69.2. The third-order valence-electron chi connectivity index (χ3n) is 21.6. The third-order valence-corrected chi connectivity index (χ3v) is 21.6. The molecule has 0 spiro atoms. The molecule has 5 heterocycles. The van der Waals surface area contributed by atoms with E-state index >= 15 is 19.2 Å². The maximum absolute atomic E-state index is 15.4. The van der Waals surface area contributed by atoms with Crippen molar-refractivity contribution in [3.63, 3.8) is 0 Å². The number of esters is 6. The van der Waals surface area contributed by atoms with Crippen LogP contribution in [0.1, 0.15) is 112 Å². The topological polar surface area (TPSA) is 287 Å². The number of hydrogen-bond donors (Lipinski definition) is 0. The molecule has 5 aliphatic heterocycles. The molecule has 10 aromatic carbocycles. The van der Waals surface area contributed by atoms with Gasteiger partial charge in [-0.25, -0.2) is 28.8 Å². The largest absolute Gasteiger partial charge is 0.459 e. The minimum absolute atomic E-state index is 0.0198. The van der Waals surface area contributed by atoms with Gasteiger partial charge in [0.15, 0.2) is 61.5 Å². The van der Waals surface area contributed by atoms with Crippen LogP contribution in [-0.2, 0) is 121 Å². The van der Waals surface area contributed by atoms with Gasteiger partial charge in [0, 0.05) is 6.61 Å². The first-order chi connectivity index (χ1) is 61.1. The van der Waals surface area contributed by atoms with E-state index in [1.807, 2.05) is 121 Å². The van der Waals surface area contributed by atoms with Gasteiger partial charge in [0.2, 0.25) is 0 Å². The Kier molecular flexibility index (Phi) is 30.3. The molecule has 650 valence electrons. The molecule has 0 saturated carbocycles. The van der Waals surface area contributed by atoms with Crippen LogP contribution in [0.15, 0.2) is 303 Å². The van der Waals surface area contributed by atoms with Crippen LogP contribution >= 0.6 is 0 Å². The van der Waals surface area contributed by atoms with Crippen LogP contribution in [0.5, 0.6) is 0 Å². The summed E-state index contributed by atoms with van der Waals surface area (Å²) in [7, 11) is 0. The number of hydrogen-bond acceptors (Lipinski definition) is 26. The molecule has 0 amide bonds. The van der Waals surface area contributed by atoms with E-state index in [4.69, 9.17) is 94.7 Å². The molecule has 0 aromatic heterocycles. The van der Waals surface area contributed by atoms with E-state index in [1.54, 1.807) is 161 Å². The lowest BCUT2D eigenvalue weighted by molar-refractivity contribution is -0.402. The molecule has 125 heavy (non-hydrogen) atoms. The standard InChI is InChI=1S/C99H98O26/c1-5-108-95-87(119-93(104)72-52-32-14-33-53-72)83(78(117-91(102)70-48-28-12-29-49-70)76(113-95)62-111-89(100)68-44-24-10-25-45-68)123-96-85(109-58-66-40-20-8-21-41-66)82(122-98-88(120-94(105)73-54-34-15-35-55-73)81(118-92(103)71-50-30-13-31-51-71)77(63(2)112-98)116-90(101)69-46-26-11-27-47-69)79(74(114-96)60-106-56-64-36-16-6-17-37-64)121-97-86(110-59-67-42-22-9-23-43-67)84-80(124-99(3,4)125-84)75(115-97)61-107-57-65-38-18-7-19-39-65/h6-55,63,74-88,95-98H,5,56-62H2,1-4H3/t63-,74+,75+,76+,77+,78+,79+,80-,81+,82-,83-,84-,85+,86+,87+,88-,95+,96-,97-,98-/m0/s1. The molecule has 0 N–H and O–H groups in total. The summed E-state index contributed by atoms with van der Waals surface area (Å²) >= 11 is 0. The molecule has 0 unspecified atom stereocenters. The monoisotopic (exact) mass is 1700 g/mol. The number of fused-ring (bicyclic) bond motifs is 1. The summed E-state index contributed by atoms with van der Waals surface area (Å²) in [4.78, 5) is 89.9. The van der Waals surface area contributed by atoms with Crippen molar-refractivity contribution < 1.29 is 124 Å². The van der Waals surface area contributed by atoms with Gasteiger partial charge in [-0.1, -0.05) is 231 Å². The van der Waals surface area contributed by atoms with Gasteiger partial charge in [-0.05, 0) is 123 Å². The zero-order valence-electron chi connectivity index (χ0n) is 69.2. The molecule has 0 radical (unpaired) electrons. The Morgan fingerprint density at radius 3 is 1.02 bits per heavy atom. The molecule has 10 aromatic rings. The fourth-order valence-corrected chi connectivity index (χ4v) is 15.5. The highest BCUT2D eigenvalue weighted by Gasteiger charge is 2.62. The molecular weight excluding hydrogens is 1610 g/mol. The maximum atomic E-state index is 15.4. The first kappa shape index (κ1) is 88.3. The van der Waals surface area contributed by atoms with Crippen LogP contribution in [-0.4, -0.2) is 191 Å². The Bertz CT molecular complexity index is 5060. The zero-order chi connectivity index (χ0) is 86.4. The first-order valence-corrected chi connectivity index (χ1v) is 41.7. The lowest BCUT2D eigenvalue weighted by atomic mass is 9.94. The lowest BCUT2D eigenvalue weighted by Gasteiger charge is -2.52. The fourth-order valence-electron chi connectivity index (χ4n) is 15.5. The summed E-state index contributed by atoms with van der Waals surface area (Å²) in [6.07, 6.45) is -31.5. The predicted molar refractivity (Wildman–Crippen MR) is 448 cm³/mol. The van der Waals surface area contributed by atoms with Crippen LogP contribution < -0.4 is 0 Å². The number of carbonyl (C=O) groups is 6. The Morgan fingerprint density at radius 2 is 0.584 bits per heavy atom. The van der Waals surface area contributed by atoms with Gasteiger partial charge >= 0.3 is 35.8 Å². The number of benzene rings is 10. The predicted octanol–water partition coefficient (Wildman–Crippen LogP) is 14.2. The van der Waals surface area contributed by atoms with E-state index in [9.17, 15) is 9.59 Å². The second-order valence-electron chi connectivity index (χ2n) is 30.8. The number of rotatable bonds is 35. The van der Waals surface area contributed by atoms with Gasteiger partial charge in [-0.3, -0.25) is 0 Å². The van der Waals surface area contributed by atoms with Crippen LogP contribution in [0.2, 0.25) is 0 Å². The summed E-state index contributed by atoms with van der Waals surface area (Å²) in [5.41, 5.74) is 3.51. The molecule has 26 nitrogen and oxygen atoms in total. The highest BCUT2D eigenvalue weighted by molar-refractivity contribution is 5.92. The van der Waals surface area contributed by atoms with Gasteiger partial charge in [-0.15, -0.1) is 0 Å². The quantitative estimate of drug-likeness (QED) is 0.0263. The van der Waals surface area contributed by atoms with Crippen molar-refractivity contribution in [1.82, 2.24) is 0 Å². The fraction of sp³-hybridized carbons (Fsp3) is 0.333. The normalized spacial score (nSPS) is 26.8. The molecule has 5 aliphatic rings. The van der Waals surface area contributed by atoms with E-state index < -0.39 is 178 Å². The van der Waals surface area contributed by atoms with Crippen molar-refractivity contribution in [3.05, 3.63) is 359 Å². The van der Waals surface area contributed by atoms with E-state index in [0.717, 1.165) is 16.7 Å². The summed E-state index contributed by atoms with van der Waals surface area (Å²) in [5, 5.41) is 0. The minimum atomic E-state index is -1.97. The highest BCUT2D eigenvalue weighted by Crippen LogP contribution is 2.44. The molecule has 0 aliphatic carbocycles. The molecule has 20 atom stereocenters. The molecule has 26 heteroatoms. The average molecular weight is 1700 g/mol. The molecule has 0 bridgehead atoms. The van der Waals surface area contributed by atoms with Gasteiger partial charge in [0.05, 0.1) is 79.1 Å². The third kappa shape index (κ3) is 23.0.